The molecule has 1 saturated heterocycles. The molecule has 0 amide bonds. The highest BCUT2D eigenvalue weighted by Crippen LogP contribution is 2.43. The third kappa shape index (κ3) is 3.04. The van der Waals surface area contributed by atoms with Gasteiger partial charge in [-0.1, -0.05) is 18.2 Å². The van der Waals surface area contributed by atoms with Crippen LogP contribution in [0.1, 0.15) is 30.1 Å². The number of ether oxygens (including phenoxy) is 2. The van der Waals surface area contributed by atoms with E-state index in [0.29, 0.717) is 5.69 Å². The average molecular weight is 359 g/mol. The van der Waals surface area contributed by atoms with E-state index in [0.717, 1.165) is 53.0 Å². The Bertz CT molecular complexity index is 1030. The van der Waals surface area contributed by atoms with E-state index in [4.69, 9.17) is 9.47 Å². The number of para-hydroxylation sites is 1. The zero-order valence-electron chi connectivity index (χ0n) is 15.5. The quantitative estimate of drug-likeness (QED) is 0.688. The van der Waals surface area contributed by atoms with Crippen LogP contribution < -0.4 is 14.4 Å². The SMILES string of the molecule is COc1ccc(C2CCCN2c2cc(C#N)nc3ccccc23)c(OC)c1. The van der Waals surface area contributed by atoms with Gasteiger partial charge in [0.2, 0.25) is 0 Å². The minimum atomic E-state index is 0.184. The maximum Gasteiger partial charge on any atom is 0.143 e. The van der Waals surface area contributed by atoms with E-state index >= 15 is 0 Å². The number of hydrogen-bond donors (Lipinski definition) is 0. The Morgan fingerprint density at radius 3 is 2.74 bits per heavy atom. The Labute approximate surface area is 158 Å². The van der Waals surface area contributed by atoms with Gasteiger partial charge in [-0.05, 0) is 37.1 Å². The van der Waals surface area contributed by atoms with Crippen LogP contribution >= 0.6 is 0 Å². The van der Waals surface area contributed by atoms with E-state index in [2.05, 4.69) is 28.1 Å². The van der Waals surface area contributed by atoms with Gasteiger partial charge in [0.05, 0.1) is 25.8 Å². The number of hydrogen-bond acceptors (Lipinski definition) is 5. The van der Waals surface area contributed by atoms with Crippen LogP contribution in [-0.2, 0) is 0 Å². The van der Waals surface area contributed by atoms with E-state index < -0.39 is 0 Å². The summed E-state index contributed by atoms with van der Waals surface area (Å²) in [7, 11) is 3.34. The lowest BCUT2D eigenvalue weighted by Gasteiger charge is -2.29. The highest BCUT2D eigenvalue weighted by molar-refractivity contribution is 5.92. The van der Waals surface area contributed by atoms with Gasteiger partial charge >= 0.3 is 0 Å². The van der Waals surface area contributed by atoms with Crippen molar-refractivity contribution < 1.29 is 9.47 Å². The summed E-state index contributed by atoms with van der Waals surface area (Å²) in [6, 6.07) is 18.2. The van der Waals surface area contributed by atoms with Crippen molar-refractivity contribution in [2.75, 3.05) is 25.7 Å². The number of methoxy groups -OCH3 is 2. The van der Waals surface area contributed by atoms with Crippen molar-refractivity contribution in [3.63, 3.8) is 0 Å². The standard InChI is InChI=1S/C22H21N3O2/c1-26-16-9-10-18(22(13-16)27-2)20-8-5-11-25(20)21-12-15(14-23)24-19-7-4-3-6-17(19)21/h3-4,6-7,9-10,12-13,20H,5,8,11H2,1-2H3. The first-order valence-corrected chi connectivity index (χ1v) is 9.03. The lowest BCUT2D eigenvalue weighted by molar-refractivity contribution is 0.388. The Kier molecular flexibility index (Phi) is 4.55. The third-order valence-electron chi connectivity index (χ3n) is 5.17. The summed E-state index contributed by atoms with van der Waals surface area (Å²) in [6.45, 7) is 0.929. The summed E-state index contributed by atoms with van der Waals surface area (Å²) in [6.07, 6.45) is 2.11. The van der Waals surface area contributed by atoms with E-state index in [-0.39, 0.29) is 6.04 Å². The van der Waals surface area contributed by atoms with Gasteiger partial charge in [0, 0.05) is 29.2 Å². The van der Waals surface area contributed by atoms with Crippen molar-refractivity contribution in [1.29, 1.82) is 5.26 Å². The van der Waals surface area contributed by atoms with Crippen LogP contribution in [0.3, 0.4) is 0 Å². The molecule has 1 atom stereocenters. The van der Waals surface area contributed by atoms with Crippen LogP contribution in [0.4, 0.5) is 5.69 Å². The minimum Gasteiger partial charge on any atom is -0.497 e. The number of rotatable bonds is 4. The van der Waals surface area contributed by atoms with Crippen molar-refractivity contribution in [2.45, 2.75) is 18.9 Å². The normalized spacial score (nSPS) is 16.3. The van der Waals surface area contributed by atoms with Gasteiger partial charge in [0.15, 0.2) is 0 Å². The molecule has 1 aromatic heterocycles. The average Bonchev–Trinajstić information content (AvgIpc) is 3.21. The fourth-order valence-electron chi connectivity index (χ4n) is 3.92. The molecule has 0 N–H and O–H groups in total. The fraction of sp³-hybridized carbons (Fsp3) is 0.273. The summed E-state index contributed by atoms with van der Waals surface area (Å²) in [5.74, 6) is 1.60. The van der Waals surface area contributed by atoms with Crippen LogP contribution in [0, 0.1) is 11.3 Å². The molecule has 2 heterocycles. The first-order chi connectivity index (χ1) is 13.2. The second-order valence-electron chi connectivity index (χ2n) is 6.61. The number of nitriles is 1. The van der Waals surface area contributed by atoms with Gasteiger partial charge in [-0.3, -0.25) is 0 Å². The molecular formula is C22H21N3O2. The molecule has 0 aliphatic carbocycles. The smallest absolute Gasteiger partial charge is 0.143 e. The van der Waals surface area contributed by atoms with E-state index in [1.807, 2.05) is 36.4 Å². The van der Waals surface area contributed by atoms with Crippen molar-refractivity contribution in [3.05, 3.63) is 59.8 Å². The van der Waals surface area contributed by atoms with Crippen LogP contribution in [0.15, 0.2) is 48.5 Å². The maximum absolute atomic E-state index is 9.42. The molecule has 136 valence electrons. The van der Waals surface area contributed by atoms with Crippen molar-refractivity contribution in [1.82, 2.24) is 4.98 Å². The number of nitrogens with zero attached hydrogens (tertiary/aromatic N) is 3. The second kappa shape index (κ2) is 7.16. The summed E-state index contributed by atoms with van der Waals surface area (Å²) in [4.78, 5) is 6.82. The maximum atomic E-state index is 9.42. The molecule has 4 rings (SSSR count). The number of anilines is 1. The molecule has 0 saturated carbocycles. The van der Waals surface area contributed by atoms with Crippen molar-refractivity contribution >= 4 is 16.6 Å². The van der Waals surface area contributed by atoms with E-state index in [1.165, 1.54) is 0 Å². The molecule has 27 heavy (non-hydrogen) atoms. The molecule has 1 unspecified atom stereocenters. The van der Waals surface area contributed by atoms with Crippen molar-refractivity contribution in [3.8, 4) is 17.6 Å². The molecule has 5 heteroatoms. The first kappa shape index (κ1) is 17.2. The van der Waals surface area contributed by atoms with Gasteiger partial charge in [-0.15, -0.1) is 0 Å². The van der Waals surface area contributed by atoms with Gasteiger partial charge in [-0.2, -0.15) is 5.26 Å². The molecule has 1 fully saturated rings. The van der Waals surface area contributed by atoms with Crippen LogP contribution in [-0.4, -0.2) is 25.7 Å². The Morgan fingerprint density at radius 2 is 1.96 bits per heavy atom. The molecule has 0 bridgehead atoms. The van der Waals surface area contributed by atoms with Crippen molar-refractivity contribution in [2.24, 2.45) is 0 Å². The molecule has 1 aliphatic rings. The molecule has 0 spiro atoms. The predicted octanol–water partition coefficient (Wildman–Crippen LogP) is 4.47. The Morgan fingerprint density at radius 1 is 1.11 bits per heavy atom. The second-order valence-corrected chi connectivity index (χ2v) is 6.61. The highest BCUT2D eigenvalue weighted by Gasteiger charge is 2.30. The molecule has 2 aromatic carbocycles. The number of pyridine rings is 1. The lowest BCUT2D eigenvalue weighted by Crippen LogP contribution is -2.23. The van der Waals surface area contributed by atoms with E-state index in [9.17, 15) is 5.26 Å². The van der Waals surface area contributed by atoms with Crippen LogP contribution in [0.25, 0.3) is 10.9 Å². The Hall–Kier alpha value is -3.26. The van der Waals surface area contributed by atoms with Crippen LogP contribution in [0.5, 0.6) is 11.5 Å². The van der Waals surface area contributed by atoms with Gasteiger partial charge in [0.25, 0.3) is 0 Å². The molecular weight excluding hydrogens is 338 g/mol. The van der Waals surface area contributed by atoms with Gasteiger partial charge in [-0.25, -0.2) is 4.98 Å². The summed E-state index contributed by atoms with van der Waals surface area (Å²) in [5.41, 5.74) is 3.47. The minimum absolute atomic E-state index is 0.184. The molecule has 1 aliphatic heterocycles. The number of aromatic nitrogens is 1. The summed E-state index contributed by atoms with van der Waals surface area (Å²) < 4.78 is 11.0. The van der Waals surface area contributed by atoms with Gasteiger partial charge < -0.3 is 14.4 Å². The monoisotopic (exact) mass is 359 g/mol. The number of benzene rings is 2. The summed E-state index contributed by atoms with van der Waals surface area (Å²) >= 11 is 0. The largest absolute Gasteiger partial charge is 0.497 e. The zero-order valence-corrected chi connectivity index (χ0v) is 15.5. The fourth-order valence-corrected chi connectivity index (χ4v) is 3.92. The van der Waals surface area contributed by atoms with E-state index in [1.54, 1.807) is 14.2 Å². The third-order valence-corrected chi connectivity index (χ3v) is 5.17. The van der Waals surface area contributed by atoms with Crippen LogP contribution in [0.2, 0.25) is 0 Å². The molecule has 5 nitrogen and oxygen atoms in total. The Balaban J connectivity index is 1.83. The number of fused-ring (bicyclic) bond motifs is 1. The first-order valence-electron chi connectivity index (χ1n) is 9.03. The zero-order chi connectivity index (χ0) is 18.8. The summed E-state index contributed by atoms with van der Waals surface area (Å²) in [5, 5.41) is 10.5. The predicted molar refractivity (Wildman–Crippen MR) is 105 cm³/mol. The lowest BCUT2D eigenvalue weighted by atomic mass is 10.0. The topological polar surface area (TPSA) is 58.4 Å². The highest BCUT2D eigenvalue weighted by atomic mass is 16.5. The van der Waals surface area contributed by atoms with Gasteiger partial charge in [0.1, 0.15) is 23.3 Å². The molecule has 3 aromatic rings. The molecule has 0 radical (unpaired) electrons.